The Hall–Kier alpha value is -2.36. The Labute approximate surface area is 167 Å². The summed E-state index contributed by atoms with van der Waals surface area (Å²) in [6.07, 6.45) is 0. The molecule has 28 heavy (non-hydrogen) atoms. The second-order valence-electron chi connectivity index (χ2n) is 6.03. The highest BCUT2D eigenvalue weighted by molar-refractivity contribution is 7.89. The van der Waals surface area contributed by atoms with Gasteiger partial charge in [0, 0.05) is 13.6 Å². The van der Waals surface area contributed by atoms with Gasteiger partial charge in [-0.2, -0.15) is 0 Å². The number of fused-ring (bicyclic) bond motifs is 1. The third-order valence-corrected chi connectivity index (χ3v) is 6.54. The molecule has 0 aliphatic carbocycles. The van der Waals surface area contributed by atoms with Gasteiger partial charge in [0.15, 0.2) is 11.5 Å². The minimum Gasteiger partial charge on any atom is -0.490 e. The Kier molecular flexibility index (Phi) is 6.07. The van der Waals surface area contributed by atoms with E-state index in [4.69, 9.17) is 9.47 Å². The molecule has 1 heterocycles. The molecule has 0 aliphatic heterocycles. The average molecular weight is 423 g/mol. The van der Waals surface area contributed by atoms with E-state index in [0.717, 1.165) is 16.9 Å². The number of benzene rings is 2. The van der Waals surface area contributed by atoms with Crippen molar-refractivity contribution in [3.8, 4) is 11.5 Å². The SMILES string of the molecule is CCOc1ccc(CNS(=O)(=O)c2ccc3c(c2)sc(=O)n3C)cc1OCC. The third kappa shape index (κ3) is 4.21. The van der Waals surface area contributed by atoms with E-state index in [9.17, 15) is 13.2 Å². The molecule has 3 aromatic rings. The lowest BCUT2D eigenvalue weighted by molar-refractivity contribution is 0.287. The largest absolute Gasteiger partial charge is 0.490 e. The maximum absolute atomic E-state index is 12.7. The van der Waals surface area contributed by atoms with Crippen molar-refractivity contribution < 1.29 is 17.9 Å². The van der Waals surface area contributed by atoms with Gasteiger partial charge in [0.25, 0.3) is 0 Å². The predicted molar refractivity (Wildman–Crippen MR) is 110 cm³/mol. The van der Waals surface area contributed by atoms with Crippen molar-refractivity contribution in [3.05, 3.63) is 51.6 Å². The summed E-state index contributed by atoms with van der Waals surface area (Å²) in [6, 6.07) is 10.00. The molecule has 0 bridgehead atoms. The lowest BCUT2D eigenvalue weighted by Crippen LogP contribution is -2.23. The quantitative estimate of drug-likeness (QED) is 0.603. The molecule has 9 heteroatoms. The lowest BCUT2D eigenvalue weighted by Gasteiger charge is -2.13. The van der Waals surface area contributed by atoms with Gasteiger partial charge in [-0.3, -0.25) is 4.79 Å². The van der Waals surface area contributed by atoms with E-state index in [1.54, 1.807) is 31.3 Å². The molecule has 2 aromatic carbocycles. The zero-order chi connectivity index (χ0) is 20.3. The Morgan fingerprint density at radius 1 is 1.04 bits per heavy atom. The van der Waals surface area contributed by atoms with E-state index in [1.807, 2.05) is 13.8 Å². The highest BCUT2D eigenvalue weighted by Crippen LogP contribution is 2.29. The topological polar surface area (TPSA) is 86.6 Å². The van der Waals surface area contributed by atoms with Gasteiger partial charge in [-0.25, -0.2) is 13.1 Å². The highest BCUT2D eigenvalue weighted by atomic mass is 32.2. The van der Waals surface area contributed by atoms with Crippen molar-refractivity contribution in [3.63, 3.8) is 0 Å². The number of hydrogen-bond donors (Lipinski definition) is 1. The zero-order valence-electron chi connectivity index (χ0n) is 15.9. The lowest BCUT2D eigenvalue weighted by atomic mass is 10.2. The van der Waals surface area contributed by atoms with Crippen molar-refractivity contribution in [2.75, 3.05) is 13.2 Å². The fourth-order valence-electron chi connectivity index (χ4n) is 2.75. The molecular formula is C19H22N2O5S2. The number of aryl methyl sites for hydroxylation is 1. The molecule has 0 saturated heterocycles. The van der Waals surface area contributed by atoms with Gasteiger partial charge in [-0.15, -0.1) is 0 Å². The molecule has 0 amide bonds. The summed E-state index contributed by atoms with van der Waals surface area (Å²) < 4.78 is 41.2. The van der Waals surface area contributed by atoms with Crippen LogP contribution >= 0.6 is 11.3 Å². The molecule has 7 nitrogen and oxygen atoms in total. The molecule has 1 N–H and O–H groups in total. The van der Waals surface area contributed by atoms with Crippen LogP contribution in [0.5, 0.6) is 11.5 Å². The number of sulfonamides is 1. The first kappa shape index (κ1) is 20.4. The number of thiazole rings is 1. The van der Waals surface area contributed by atoms with Crippen LogP contribution in [0.25, 0.3) is 10.2 Å². The van der Waals surface area contributed by atoms with Crippen LogP contribution in [0.15, 0.2) is 46.1 Å². The molecule has 0 aliphatic rings. The number of ether oxygens (including phenoxy) is 2. The van der Waals surface area contributed by atoms with Crippen LogP contribution in [0, 0.1) is 0 Å². The van der Waals surface area contributed by atoms with Crippen LogP contribution in [0.1, 0.15) is 19.4 Å². The molecule has 0 unspecified atom stereocenters. The maximum atomic E-state index is 12.7. The summed E-state index contributed by atoms with van der Waals surface area (Å²) in [5.74, 6) is 1.21. The monoisotopic (exact) mass is 422 g/mol. The van der Waals surface area contributed by atoms with E-state index in [0.29, 0.717) is 34.9 Å². The van der Waals surface area contributed by atoms with Gasteiger partial charge in [0.2, 0.25) is 10.0 Å². The van der Waals surface area contributed by atoms with Crippen molar-refractivity contribution in [1.82, 2.24) is 9.29 Å². The van der Waals surface area contributed by atoms with Crippen LogP contribution in [0.4, 0.5) is 0 Å². The Morgan fingerprint density at radius 2 is 1.75 bits per heavy atom. The van der Waals surface area contributed by atoms with Crippen molar-refractivity contribution >= 4 is 31.6 Å². The van der Waals surface area contributed by atoms with E-state index in [1.165, 1.54) is 16.7 Å². The molecule has 0 saturated carbocycles. The first-order valence-electron chi connectivity index (χ1n) is 8.83. The molecule has 1 aromatic heterocycles. The molecule has 0 atom stereocenters. The van der Waals surface area contributed by atoms with Crippen LogP contribution in [-0.2, 0) is 23.6 Å². The van der Waals surface area contributed by atoms with Crippen molar-refractivity contribution in [1.29, 1.82) is 0 Å². The maximum Gasteiger partial charge on any atom is 0.307 e. The van der Waals surface area contributed by atoms with Gasteiger partial charge < -0.3 is 14.0 Å². The summed E-state index contributed by atoms with van der Waals surface area (Å²) in [6.45, 7) is 4.87. The molecule has 0 spiro atoms. The second-order valence-corrected chi connectivity index (χ2v) is 8.79. The average Bonchev–Trinajstić information content (AvgIpc) is 2.96. The fraction of sp³-hybridized carbons (Fsp3) is 0.316. The fourth-order valence-corrected chi connectivity index (χ4v) is 4.79. The Balaban J connectivity index is 1.81. The standard InChI is InChI=1S/C19H22N2O5S2/c1-4-25-16-9-6-13(10-17(16)26-5-2)12-20-28(23,24)14-7-8-15-18(11-14)27-19(22)21(15)3/h6-11,20H,4-5,12H2,1-3H3. The minimum atomic E-state index is -3.73. The summed E-state index contributed by atoms with van der Waals surface area (Å²) in [7, 11) is -2.06. The number of aromatic nitrogens is 1. The number of hydrogen-bond acceptors (Lipinski definition) is 6. The minimum absolute atomic E-state index is 0.109. The van der Waals surface area contributed by atoms with Crippen LogP contribution in [0.2, 0.25) is 0 Å². The van der Waals surface area contributed by atoms with E-state index in [2.05, 4.69) is 4.72 Å². The van der Waals surface area contributed by atoms with Gasteiger partial charge in [0.05, 0.1) is 28.3 Å². The highest BCUT2D eigenvalue weighted by Gasteiger charge is 2.16. The second kappa shape index (κ2) is 8.34. The third-order valence-electron chi connectivity index (χ3n) is 4.15. The Morgan fingerprint density at radius 3 is 2.46 bits per heavy atom. The van der Waals surface area contributed by atoms with Gasteiger partial charge >= 0.3 is 4.87 Å². The molecular weight excluding hydrogens is 400 g/mol. The van der Waals surface area contributed by atoms with E-state index < -0.39 is 10.0 Å². The van der Waals surface area contributed by atoms with Gasteiger partial charge in [0.1, 0.15) is 0 Å². The Bertz CT molecular complexity index is 1150. The first-order chi connectivity index (χ1) is 13.4. The molecule has 0 radical (unpaired) electrons. The molecule has 3 rings (SSSR count). The number of nitrogens with one attached hydrogen (secondary N) is 1. The van der Waals surface area contributed by atoms with Crippen molar-refractivity contribution in [2.45, 2.75) is 25.3 Å². The van der Waals surface area contributed by atoms with Crippen LogP contribution < -0.4 is 19.1 Å². The first-order valence-corrected chi connectivity index (χ1v) is 11.1. The smallest absolute Gasteiger partial charge is 0.307 e. The summed E-state index contributed by atoms with van der Waals surface area (Å²) in [5.41, 5.74) is 1.46. The van der Waals surface area contributed by atoms with Gasteiger partial charge in [-0.05, 0) is 49.7 Å². The molecule has 0 fully saturated rings. The predicted octanol–water partition coefficient (Wildman–Crippen LogP) is 2.88. The van der Waals surface area contributed by atoms with E-state index >= 15 is 0 Å². The van der Waals surface area contributed by atoms with Crippen LogP contribution in [0.3, 0.4) is 0 Å². The van der Waals surface area contributed by atoms with Crippen molar-refractivity contribution in [2.24, 2.45) is 7.05 Å². The number of rotatable bonds is 8. The summed E-state index contributed by atoms with van der Waals surface area (Å²) >= 11 is 1.02. The summed E-state index contributed by atoms with van der Waals surface area (Å²) in [4.78, 5) is 11.8. The summed E-state index contributed by atoms with van der Waals surface area (Å²) in [5, 5.41) is 0. The normalized spacial score (nSPS) is 11.7. The molecule has 150 valence electrons. The van der Waals surface area contributed by atoms with Gasteiger partial charge in [-0.1, -0.05) is 17.4 Å². The number of nitrogens with zero attached hydrogens (tertiary/aromatic N) is 1. The van der Waals surface area contributed by atoms with Crippen LogP contribution in [-0.4, -0.2) is 26.2 Å². The van der Waals surface area contributed by atoms with E-state index in [-0.39, 0.29) is 16.3 Å². The zero-order valence-corrected chi connectivity index (χ0v) is 17.5.